The maximum Gasteiger partial charge on any atom is 0.513 e. The van der Waals surface area contributed by atoms with Crippen LogP contribution in [0.25, 0.3) is 11.1 Å². The molecule has 0 aliphatic carbocycles. The van der Waals surface area contributed by atoms with E-state index < -0.39 is 24.1 Å². The highest BCUT2D eigenvalue weighted by Crippen LogP contribution is 2.34. The quantitative estimate of drug-likeness (QED) is 0.143. The van der Waals surface area contributed by atoms with E-state index in [1.54, 1.807) is 25.1 Å². The predicted molar refractivity (Wildman–Crippen MR) is 153 cm³/mol. The number of ether oxygens (including phenoxy) is 3. The van der Waals surface area contributed by atoms with E-state index in [0.717, 1.165) is 11.1 Å². The number of halogens is 1. The van der Waals surface area contributed by atoms with Crippen LogP contribution >= 0.6 is 15.9 Å². The Morgan fingerprint density at radius 2 is 1.57 bits per heavy atom. The molecule has 4 rings (SSSR count). The molecular weight excluding hydrogens is 578 g/mol. The van der Waals surface area contributed by atoms with Gasteiger partial charge in [-0.25, -0.2) is 4.79 Å². The van der Waals surface area contributed by atoms with Crippen LogP contribution in [0, 0.1) is 0 Å². The lowest BCUT2D eigenvalue weighted by atomic mass is 9.98. The molecular formula is C31H26BrNO7. The zero-order valence-electron chi connectivity index (χ0n) is 21.5. The number of carbonyl (C=O) groups excluding carboxylic acids is 2. The third-order valence-electron chi connectivity index (χ3n) is 5.81. The number of rotatable bonds is 10. The molecule has 0 spiro atoms. The van der Waals surface area contributed by atoms with E-state index in [0.29, 0.717) is 21.5 Å². The van der Waals surface area contributed by atoms with Crippen LogP contribution in [0.15, 0.2) is 102 Å². The second-order valence-corrected chi connectivity index (χ2v) is 9.50. The van der Waals surface area contributed by atoms with E-state index in [1.165, 1.54) is 12.1 Å². The highest BCUT2D eigenvalue weighted by Gasteiger charge is 2.23. The van der Waals surface area contributed by atoms with Crippen LogP contribution in [0.5, 0.6) is 17.2 Å². The van der Waals surface area contributed by atoms with Gasteiger partial charge in [-0.2, -0.15) is 0 Å². The summed E-state index contributed by atoms with van der Waals surface area (Å²) in [5.41, 5.74) is 2.34. The van der Waals surface area contributed by atoms with Crippen molar-refractivity contribution in [3.63, 3.8) is 0 Å². The van der Waals surface area contributed by atoms with Gasteiger partial charge in [-0.3, -0.25) is 9.59 Å². The highest BCUT2D eigenvalue weighted by atomic mass is 79.9. The largest absolute Gasteiger partial charge is 0.513 e. The summed E-state index contributed by atoms with van der Waals surface area (Å²) in [6, 6.07) is 27.9. The third-order valence-corrected chi connectivity index (χ3v) is 6.30. The van der Waals surface area contributed by atoms with Crippen LogP contribution in [0.2, 0.25) is 0 Å². The summed E-state index contributed by atoms with van der Waals surface area (Å²) >= 11 is 3.31. The van der Waals surface area contributed by atoms with E-state index >= 15 is 0 Å². The second-order valence-electron chi connectivity index (χ2n) is 8.58. The standard InChI is InChI=1S/C31H26BrNO7/c1-2-38-31(37)40-28-17-16-22(32)18-25(28)30(36)33-26(19-29(34)35)21-14-12-20(13-15-21)24-10-6-7-11-27(24)39-23-8-4-3-5-9-23/h3-18,26H,2,19H2,1H3,(H,33,36)(H,34,35). The Morgan fingerprint density at radius 1 is 0.875 bits per heavy atom. The molecule has 0 heterocycles. The van der Waals surface area contributed by atoms with Gasteiger partial charge in [0.15, 0.2) is 0 Å². The number of carboxylic acids is 1. The third kappa shape index (κ3) is 7.48. The minimum Gasteiger partial charge on any atom is -0.481 e. The normalized spacial score (nSPS) is 11.2. The van der Waals surface area contributed by atoms with Gasteiger partial charge in [0.25, 0.3) is 5.91 Å². The fourth-order valence-electron chi connectivity index (χ4n) is 3.97. The Balaban J connectivity index is 1.58. The molecule has 0 radical (unpaired) electrons. The molecule has 0 aromatic heterocycles. The number of amides is 1. The summed E-state index contributed by atoms with van der Waals surface area (Å²) < 4.78 is 16.6. The van der Waals surface area contributed by atoms with Crippen molar-refractivity contribution in [2.24, 2.45) is 0 Å². The van der Waals surface area contributed by atoms with Crippen molar-refractivity contribution in [1.82, 2.24) is 5.32 Å². The van der Waals surface area contributed by atoms with Gasteiger partial charge in [0.1, 0.15) is 17.2 Å². The number of carboxylic acid groups (broad SMARTS) is 1. The van der Waals surface area contributed by atoms with Crippen molar-refractivity contribution in [2.75, 3.05) is 6.61 Å². The number of carbonyl (C=O) groups is 3. The van der Waals surface area contributed by atoms with Gasteiger partial charge in [-0.15, -0.1) is 0 Å². The first-order valence-electron chi connectivity index (χ1n) is 12.4. The maximum absolute atomic E-state index is 13.3. The van der Waals surface area contributed by atoms with Crippen LogP contribution in [-0.2, 0) is 9.53 Å². The summed E-state index contributed by atoms with van der Waals surface area (Å²) in [5, 5.41) is 12.3. The maximum atomic E-state index is 13.3. The van der Waals surface area contributed by atoms with Crippen LogP contribution < -0.4 is 14.8 Å². The fourth-order valence-corrected chi connectivity index (χ4v) is 4.33. The van der Waals surface area contributed by atoms with Crippen LogP contribution in [-0.4, -0.2) is 29.7 Å². The summed E-state index contributed by atoms with van der Waals surface area (Å²) in [6.07, 6.45) is -1.31. The lowest BCUT2D eigenvalue weighted by Crippen LogP contribution is -2.30. The van der Waals surface area contributed by atoms with E-state index in [-0.39, 0.29) is 24.3 Å². The van der Waals surface area contributed by atoms with E-state index in [9.17, 15) is 19.5 Å². The first-order valence-corrected chi connectivity index (χ1v) is 13.2. The Kier molecular flexibility index (Phi) is 9.53. The van der Waals surface area contributed by atoms with E-state index in [2.05, 4.69) is 21.2 Å². The first kappa shape index (κ1) is 28.4. The molecule has 1 amide bonds. The monoisotopic (exact) mass is 603 g/mol. The van der Waals surface area contributed by atoms with Crippen molar-refractivity contribution in [3.8, 4) is 28.4 Å². The van der Waals surface area contributed by atoms with Gasteiger partial charge in [0.2, 0.25) is 0 Å². The van der Waals surface area contributed by atoms with Crippen molar-refractivity contribution in [1.29, 1.82) is 0 Å². The van der Waals surface area contributed by atoms with Crippen LogP contribution in [0.4, 0.5) is 4.79 Å². The molecule has 40 heavy (non-hydrogen) atoms. The molecule has 8 nitrogen and oxygen atoms in total. The molecule has 0 fully saturated rings. The number of benzene rings is 4. The molecule has 0 saturated carbocycles. The minimum absolute atomic E-state index is 0.0152. The summed E-state index contributed by atoms with van der Waals surface area (Å²) in [4.78, 5) is 36.8. The van der Waals surface area contributed by atoms with Gasteiger partial charge in [0.05, 0.1) is 24.6 Å². The summed E-state index contributed by atoms with van der Waals surface area (Å²) in [5.74, 6) is -0.348. The molecule has 9 heteroatoms. The van der Waals surface area contributed by atoms with E-state index in [1.807, 2.05) is 66.7 Å². The number of hydrogen-bond acceptors (Lipinski definition) is 6. The molecule has 0 bridgehead atoms. The fraction of sp³-hybridized carbons (Fsp3) is 0.129. The number of para-hydroxylation sites is 2. The first-order chi connectivity index (χ1) is 19.3. The smallest absolute Gasteiger partial charge is 0.481 e. The van der Waals surface area contributed by atoms with Gasteiger partial charge in [-0.1, -0.05) is 76.6 Å². The Morgan fingerprint density at radius 3 is 2.27 bits per heavy atom. The lowest BCUT2D eigenvalue weighted by Gasteiger charge is -2.19. The minimum atomic E-state index is -1.09. The molecule has 1 unspecified atom stereocenters. The van der Waals surface area contributed by atoms with Crippen molar-refractivity contribution in [3.05, 3.63) is 113 Å². The zero-order chi connectivity index (χ0) is 28.5. The average molecular weight is 604 g/mol. The summed E-state index contributed by atoms with van der Waals surface area (Å²) in [7, 11) is 0. The number of nitrogens with one attached hydrogen (secondary N) is 1. The molecule has 4 aromatic rings. The van der Waals surface area contributed by atoms with Crippen molar-refractivity contribution < 1.29 is 33.7 Å². The SMILES string of the molecule is CCOC(=O)Oc1ccc(Br)cc1C(=O)NC(CC(=O)O)c1ccc(-c2ccccc2Oc2ccccc2)cc1. The molecule has 0 aliphatic rings. The molecule has 204 valence electrons. The second kappa shape index (κ2) is 13.4. The molecule has 4 aromatic carbocycles. The molecule has 2 N–H and O–H groups in total. The molecule has 1 atom stereocenters. The van der Waals surface area contributed by atoms with Crippen molar-refractivity contribution >= 4 is 34.0 Å². The summed E-state index contributed by atoms with van der Waals surface area (Å²) in [6.45, 7) is 1.74. The predicted octanol–water partition coefficient (Wildman–Crippen LogP) is 7.39. The molecule has 0 aliphatic heterocycles. The highest BCUT2D eigenvalue weighted by molar-refractivity contribution is 9.10. The van der Waals surface area contributed by atoms with Crippen molar-refractivity contribution in [2.45, 2.75) is 19.4 Å². The topological polar surface area (TPSA) is 111 Å². The Hall–Kier alpha value is -4.63. The van der Waals surface area contributed by atoms with Gasteiger partial charge >= 0.3 is 12.1 Å². The van der Waals surface area contributed by atoms with Crippen LogP contribution in [0.1, 0.15) is 35.3 Å². The van der Waals surface area contributed by atoms with Gasteiger partial charge in [0, 0.05) is 10.0 Å². The van der Waals surface area contributed by atoms with E-state index in [4.69, 9.17) is 14.2 Å². The van der Waals surface area contributed by atoms with Gasteiger partial charge < -0.3 is 24.6 Å². The lowest BCUT2D eigenvalue weighted by molar-refractivity contribution is -0.137. The number of hydrogen-bond donors (Lipinski definition) is 2. The van der Waals surface area contributed by atoms with Crippen LogP contribution in [0.3, 0.4) is 0 Å². The van der Waals surface area contributed by atoms with Gasteiger partial charge in [-0.05, 0) is 54.4 Å². The number of aliphatic carboxylic acids is 1. The average Bonchev–Trinajstić information content (AvgIpc) is 2.94. The molecule has 0 saturated heterocycles. The Labute approximate surface area is 239 Å². The Bertz CT molecular complexity index is 1490. The zero-order valence-corrected chi connectivity index (χ0v) is 23.1.